The van der Waals surface area contributed by atoms with E-state index in [9.17, 15) is 18.9 Å². The Labute approximate surface area is 187 Å². The van der Waals surface area contributed by atoms with Gasteiger partial charge in [0.05, 0.1) is 6.04 Å². The van der Waals surface area contributed by atoms with E-state index < -0.39 is 47.1 Å². The Balaban J connectivity index is 3.19. The van der Waals surface area contributed by atoms with Crippen LogP contribution in [0.2, 0.25) is 0 Å². The fourth-order valence-corrected chi connectivity index (χ4v) is 3.14. The van der Waals surface area contributed by atoms with Crippen molar-refractivity contribution < 1.29 is 27.7 Å². The van der Waals surface area contributed by atoms with Crippen molar-refractivity contribution in [1.29, 1.82) is 0 Å². The molecule has 1 rings (SSSR count). The monoisotopic (exact) mass is 458 g/mol. The Morgan fingerprint density at radius 3 is 2.22 bits per heavy atom. The lowest BCUT2D eigenvalue weighted by molar-refractivity contribution is -0.167. The molecular weight excluding hydrogens is 425 g/mol. The van der Waals surface area contributed by atoms with Crippen LogP contribution in [-0.2, 0) is 20.8 Å². The summed E-state index contributed by atoms with van der Waals surface area (Å²) in [5.41, 5.74) is 6.27. The SMILES string of the molecule is CCCC[C@H](N)C(=O)N(F)[C@@H](Cc1ccccc1)C(=O)N[C@@](F)(CCCC)C(=O)N(C)F. The number of nitrogens with one attached hydrogen (secondary N) is 1. The number of carbonyl (C=O) groups excluding carboxylic acids is 3. The third kappa shape index (κ3) is 7.81. The van der Waals surface area contributed by atoms with Crippen LogP contribution in [-0.4, -0.2) is 52.9 Å². The highest BCUT2D eigenvalue weighted by Gasteiger charge is 2.45. The van der Waals surface area contributed by atoms with Crippen LogP contribution in [0, 0.1) is 0 Å². The molecule has 0 fully saturated rings. The Morgan fingerprint density at radius 1 is 1.09 bits per heavy atom. The number of nitrogens with two attached hydrogens (primary N) is 1. The number of benzene rings is 1. The molecule has 3 N–H and O–H groups in total. The van der Waals surface area contributed by atoms with Crippen LogP contribution in [0.15, 0.2) is 30.3 Å². The molecule has 180 valence electrons. The van der Waals surface area contributed by atoms with Crippen LogP contribution in [0.5, 0.6) is 0 Å². The lowest BCUT2D eigenvalue weighted by Gasteiger charge is -2.30. The normalized spacial score (nSPS) is 14.7. The van der Waals surface area contributed by atoms with Gasteiger partial charge in [0.2, 0.25) is 5.91 Å². The van der Waals surface area contributed by atoms with Crippen LogP contribution in [0.1, 0.15) is 57.9 Å². The highest BCUT2D eigenvalue weighted by Crippen LogP contribution is 2.22. The van der Waals surface area contributed by atoms with Gasteiger partial charge >= 0.3 is 5.91 Å². The highest BCUT2D eigenvalue weighted by atomic mass is 19.2. The molecular formula is C22H33F3N4O3. The van der Waals surface area contributed by atoms with Crippen LogP contribution in [0.4, 0.5) is 13.4 Å². The molecule has 0 bridgehead atoms. The molecule has 0 spiro atoms. The highest BCUT2D eigenvalue weighted by molar-refractivity contribution is 5.93. The zero-order chi connectivity index (χ0) is 24.3. The summed E-state index contributed by atoms with van der Waals surface area (Å²) in [5, 5.41) is 1.05. The first kappa shape index (κ1) is 27.4. The van der Waals surface area contributed by atoms with Gasteiger partial charge in [0, 0.05) is 19.9 Å². The summed E-state index contributed by atoms with van der Waals surface area (Å²) in [6, 6.07) is 5.26. The second-order valence-electron chi connectivity index (χ2n) is 7.78. The Kier molecular flexibility index (Phi) is 11.2. The lowest BCUT2D eigenvalue weighted by atomic mass is 10.0. The first-order valence-electron chi connectivity index (χ1n) is 10.8. The van der Waals surface area contributed by atoms with Gasteiger partial charge in [-0.2, -0.15) is 10.2 Å². The maximum Gasteiger partial charge on any atom is 0.308 e. The minimum Gasteiger partial charge on any atom is -0.320 e. The molecule has 0 radical (unpaired) electrons. The van der Waals surface area contributed by atoms with E-state index in [4.69, 9.17) is 5.73 Å². The third-order valence-corrected chi connectivity index (χ3v) is 5.06. The maximum atomic E-state index is 15.3. The third-order valence-electron chi connectivity index (χ3n) is 5.06. The van der Waals surface area contributed by atoms with Crippen LogP contribution in [0.25, 0.3) is 0 Å². The van der Waals surface area contributed by atoms with E-state index in [-0.39, 0.29) is 24.4 Å². The topological polar surface area (TPSA) is 95.7 Å². The second kappa shape index (κ2) is 13.0. The summed E-state index contributed by atoms with van der Waals surface area (Å²) >= 11 is 0. The molecule has 0 aromatic heterocycles. The summed E-state index contributed by atoms with van der Waals surface area (Å²) in [6.45, 7) is 3.61. The Morgan fingerprint density at radius 2 is 1.69 bits per heavy atom. The zero-order valence-corrected chi connectivity index (χ0v) is 18.8. The summed E-state index contributed by atoms with van der Waals surface area (Å²) in [4.78, 5) is 37.5. The van der Waals surface area contributed by atoms with Crippen LogP contribution < -0.4 is 11.1 Å². The van der Waals surface area contributed by atoms with E-state index in [1.54, 1.807) is 37.3 Å². The quantitative estimate of drug-likeness (QED) is 0.351. The van der Waals surface area contributed by atoms with Crippen molar-refractivity contribution in [2.45, 2.75) is 76.7 Å². The number of hydrogen-bond acceptors (Lipinski definition) is 4. The molecule has 32 heavy (non-hydrogen) atoms. The van der Waals surface area contributed by atoms with Crippen molar-refractivity contribution in [2.75, 3.05) is 7.05 Å². The van der Waals surface area contributed by atoms with Gasteiger partial charge < -0.3 is 11.1 Å². The average Bonchev–Trinajstić information content (AvgIpc) is 2.78. The van der Waals surface area contributed by atoms with E-state index in [0.29, 0.717) is 25.5 Å². The van der Waals surface area contributed by atoms with Crippen LogP contribution >= 0.6 is 0 Å². The molecule has 0 aliphatic carbocycles. The number of alkyl halides is 1. The molecule has 10 heteroatoms. The molecule has 0 heterocycles. The number of nitrogens with zero attached hydrogens (tertiary/aromatic N) is 2. The predicted molar refractivity (Wildman–Crippen MR) is 115 cm³/mol. The van der Waals surface area contributed by atoms with Gasteiger partial charge in [-0.05, 0) is 18.4 Å². The van der Waals surface area contributed by atoms with Crippen molar-refractivity contribution in [2.24, 2.45) is 5.73 Å². The summed E-state index contributed by atoms with van der Waals surface area (Å²) in [6.07, 6.45) is 1.37. The number of halogens is 3. The molecule has 1 aromatic carbocycles. The standard InChI is InChI=1S/C22H33F3N4O3/c1-4-6-13-17(26)20(31)29(25)18(15-16-11-9-8-10-12-16)19(30)27-22(23,14-7-5-2)21(32)28(3)24/h8-12,17-18H,4-7,13-15,26H2,1-3H3,(H,27,30)/t17-,18-,22-/m0/s1. The van der Waals surface area contributed by atoms with Crippen molar-refractivity contribution in [1.82, 2.24) is 15.6 Å². The van der Waals surface area contributed by atoms with Crippen molar-refractivity contribution in [3.8, 4) is 0 Å². The van der Waals surface area contributed by atoms with Gasteiger partial charge in [-0.15, -0.1) is 0 Å². The van der Waals surface area contributed by atoms with E-state index in [1.807, 2.05) is 12.2 Å². The van der Waals surface area contributed by atoms with Gasteiger partial charge in [-0.25, -0.2) is 4.39 Å². The molecule has 0 unspecified atom stereocenters. The van der Waals surface area contributed by atoms with Gasteiger partial charge in [0.15, 0.2) is 0 Å². The molecule has 0 aliphatic rings. The smallest absolute Gasteiger partial charge is 0.308 e. The molecule has 0 saturated carbocycles. The van der Waals surface area contributed by atoms with E-state index >= 15 is 8.87 Å². The second-order valence-corrected chi connectivity index (χ2v) is 7.78. The zero-order valence-electron chi connectivity index (χ0n) is 18.8. The summed E-state index contributed by atoms with van der Waals surface area (Å²) < 4.78 is 43.9. The first-order chi connectivity index (χ1) is 15.1. The van der Waals surface area contributed by atoms with Gasteiger partial charge in [0.25, 0.3) is 11.7 Å². The van der Waals surface area contributed by atoms with Crippen molar-refractivity contribution >= 4 is 17.7 Å². The van der Waals surface area contributed by atoms with E-state index in [1.165, 1.54) is 0 Å². The Hall–Kier alpha value is -2.62. The largest absolute Gasteiger partial charge is 0.320 e. The minimum atomic E-state index is -3.08. The number of hydrogen-bond donors (Lipinski definition) is 2. The molecule has 7 nitrogen and oxygen atoms in total. The van der Waals surface area contributed by atoms with Gasteiger partial charge in [-0.1, -0.05) is 72.4 Å². The van der Waals surface area contributed by atoms with Gasteiger partial charge in [0.1, 0.15) is 6.04 Å². The first-order valence-corrected chi connectivity index (χ1v) is 10.8. The van der Waals surface area contributed by atoms with Gasteiger partial charge in [-0.3, -0.25) is 14.4 Å². The van der Waals surface area contributed by atoms with Crippen LogP contribution in [0.3, 0.4) is 0 Å². The lowest BCUT2D eigenvalue weighted by Crippen LogP contribution is -2.60. The number of rotatable bonds is 13. The molecule has 0 saturated heterocycles. The fraction of sp³-hybridized carbons (Fsp3) is 0.591. The minimum absolute atomic E-state index is 0.167. The number of amides is 3. The molecule has 3 amide bonds. The molecule has 3 atom stereocenters. The van der Waals surface area contributed by atoms with E-state index in [0.717, 1.165) is 6.42 Å². The molecule has 0 aliphatic heterocycles. The summed E-state index contributed by atoms with van der Waals surface area (Å²) in [7, 11) is 0.702. The van der Waals surface area contributed by atoms with E-state index in [2.05, 4.69) is 0 Å². The Bertz CT molecular complexity index is 751. The number of unbranched alkanes of at least 4 members (excludes halogenated alkanes) is 2. The number of carbonyl (C=O) groups is 3. The predicted octanol–water partition coefficient (Wildman–Crippen LogP) is 3.14. The summed E-state index contributed by atoms with van der Waals surface area (Å²) in [5.74, 6) is -7.09. The molecule has 1 aromatic rings. The number of likely N-dealkylation sites (N-methyl/N-ethyl adjacent to an activating group) is 1. The average molecular weight is 459 g/mol. The fourth-order valence-electron chi connectivity index (χ4n) is 3.14. The maximum absolute atomic E-state index is 15.3. The van der Waals surface area contributed by atoms with Crippen molar-refractivity contribution in [3.05, 3.63) is 35.9 Å². The van der Waals surface area contributed by atoms with Crippen molar-refractivity contribution in [3.63, 3.8) is 0 Å².